The Morgan fingerprint density at radius 3 is 2.57 bits per heavy atom. The van der Waals surface area contributed by atoms with Crippen LogP contribution >= 0.6 is 0 Å². The number of hydrogen-bond acceptors (Lipinski definition) is 2. The molecule has 0 unspecified atom stereocenters. The van der Waals surface area contributed by atoms with Crippen molar-refractivity contribution in [2.24, 2.45) is 11.1 Å². The molecule has 82 valence electrons. The number of alkyl halides is 2. The van der Waals surface area contributed by atoms with Gasteiger partial charge in [0.15, 0.2) is 0 Å². The largest absolute Gasteiger partial charge is 0.349 e. The Bertz CT molecular complexity index is 227. The second-order valence-corrected chi connectivity index (χ2v) is 4.32. The number of nitrogens with two attached hydrogens (primary N) is 1. The van der Waals surface area contributed by atoms with E-state index in [9.17, 15) is 13.6 Å². The summed E-state index contributed by atoms with van der Waals surface area (Å²) in [4.78, 5) is 10.7. The van der Waals surface area contributed by atoms with Gasteiger partial charge in [-0.3, -0.25) is 4.79 Å². The van der Waals surface area contributed by atoms with Gasteiger partial charge in [-0.2, -0.15) is 0 Å². The second kappa shape index (κ2) is 3.81. The quantitative estimate of drug-likeness (QED) is 0.701. The van der Waals surface area contributed by atoms with Gasteiger partial charge in [0.2, 0.25) is 5.91 Å². The molecule has 0 spiro atoms. The van der Waals surface area contributed by atoms with Crippen molar-refractivity contribution in [1.82, 2.24) is 5.32 Å². The van der Waals surface area contributed by atoms with Gasteiger partial charge in [0.05, 0.1) is 13.1 Å². The molecule has 1 aliphatic carbocycles. The third-order valence-corrected chi connectivity index (χ3v) is 2.52. The average molecular weight is 206 g/mol. The van der Waals surface area contributed by atoms with Gasteiger partial charge in [0, 0.05) is 6.42 Å². The predicted molar refractivity (Wildman–Crippen MR) is 49.0 cm³/mol. The van der Waals surface area contributed by atoms with Crippen molar-refractivity contribution in [3.8, 4) is 0 Å². The lowest BCUT2D eigenvalue weighted by Crippen LogP contribution is -2.40. The normalized spacial score (nSPS) is 19.1. The number of halogens is 2. The zero-order valence-corrected chi connectivity index (χ0v) is 8.28. The Morgan fingerprint density at radius 1 is 1.57 bits per heavy atom. The summed E-state index contributed by atoms with van der Waals surface area (Å²) in [6.45, 7) is 0.998. The van der Waals surface area contributed by atoms with E-state index in [1.165, 1.54) is 0 Å². The molecule has 0 aromatic heterocycles. The Morgan fingerprint density at radius 2 is 2.14 bits per heavy atom. The SMILES string of the molecule is CC1(CC(F)(F)CNC(=O)CN)CC1. The summed E-state index contributed by atoms with van der Waals surface area (Å²) in [6, 6.07) is 0. The number of nitrogens with one attached hydrogen (secondary N) is 1. The van der Waals surface area contributed by atoms with Crippen LogP contribution in [-0.4, -0.2) is 24.9 Å². The Balaban J connectivity index is 2.30. The molecular weight excluding hydrogens is 190 g/mol. The highest BCUT2D eigenvalue weighted by Gasteiger charge is 2.46. The molecule has 1 aliphatic rings. The highest BCUT2D eigenvalue weighted by molar-refractivity contribution is 5.77. The van der Waals surface area contributed by atoms with Gasteiger partial charge >= 0.3 is 0 Å². The molecular formula is C9H16F2N2O. The molecule has 14 heavy (non-hydrogen) atoms. The highest BCUT2D eigenvalue weighted by Crippen LogP contribution is 2.51. The molecule has 0 atom stereocenters. The first kappa shape index (κ1) is 11.4. The molecule has 0 aliphatic heterocycles. The number of carbonyl (C=O) groups excluding carboxylic acids is 1. The van der Waals surface area contributed by atoms with Crippen LogP contribution in [0.1, 0.15) is 26.2 Å². The molecule has 0 aromatic rings. The maximum atomic E-state index is 13.2. The van der Waals surface area contributed by atoms with Gasteiger partial charge in [0.25, 0.3) is 5.92 Å². The summed E-state index contributed by atoms with van der Waals surface area (Å²) in [5, 5.41) is 2.11. The minimum absolute atomic E-state index is 0.148. The third kappa shape index (κ3) is 3.57. The fraction of sp³-hybridized carbons (Fsp3) is 0.889. The van der Waals surface area contributed by atoms with E-state index in [0.29, 0.717) is 0 Å². The van der Waals surface area contributed by atoms with Crippen molar-refractivity contribution in [2.75, 3.05) is 13.1 Å². The van der Waals surface area contributed by atoms with Gasteiger partial charge in [0.1, 0.15) is 0 Å². The third-order valence-electron chi connectivity index (χ3n) is 2.52. The lowest BCUT2D eigenvalue weighted by molar-refractivity contribution is -0.122. The van der Waals surface area contributed by atoms with Gasteiger partial charge in [-0.05, 0) is 18.3 Å². The second-order valence-electron chi connectivity index (χ2n) is 4.32. The van der Waals surface area contributed by atoms with Crippen LogP contribution in [0, 0.1) is 5.41 Å². The Kier molecular flexibility index (Phi) is 3.09. The molecule has 5 heteroatoms. The predicted octanol–water partition coefficient (Wildman–Crippen LogP) is 0.887. The van der Waals surface area contributed by atoms with Gasteiger partial charge in [-0.1, -0.05) is 6.92 Å². The maximum absolute atomic E-state index is 13.2. The molecule has 1 saturated carbocycles. The minimum atomic E-state index is -2.81. The standard InChI is InChI=1S/C9H16F2N2O/c1-8(2-3-8)5-9(10,11)6-13-7(14)4-12/h2-6,12H2,1H3,(H,13,14). The number of amides is 1. The lowest BCUT2D eigenvalue weighted by Gasteiger charge is -2.20. The van der Waals surface area contributed by atoms with Crippen LogP contribution in [0.4, 0.5) is 8.78 Å². The molecule has 0 radical (unpaired) electrons. The van der Waals surface area contributed by atoms with Gasteiger partial charge in [-0.25, -0.2) is 8.78 Å². The number of carbonyl (C=O) groups is 1. The molecule has 1 fully saturated rings. The molecule has 3 N–H and O–H groups in total. The summed E-state index contributed by atoms with van der Waals surface area (Å²) < 4.78 is 26.4. The summed E-state index contributed by atoms with van der Waals surface area (Å²) in [5.74, 6) is -3.35. The first-order valence-corrected chi connectivity index (χ1v) is 4.72. The van der Waals surface area contributed by atoms with Crippen LogP contribution in [0.5, 0.6) is 0 Å². The van der Waals surface area contributed by atoms with Crippen LogP contribution < -0.4 is 11.1 Å². The highest BCUT2D eigenvalue weighted by atomic mass is 19.3. The number of hydrogen-bond donors (Lipinski definition) is 2. The van der Waals surface area contributed by atoms with E-state index < -0.39 is 18.4 Å². The molecule has 0 bridgehead atoms. The molecule has 0 saturated heterocycles. The Hall–Kier alpha value is -0.710. The summed E-state index contributed by atoms with van der Waals surface area (Å²) in [6.07, 6.45) is 1.56. The van der Waals surface area contributed by atoms with Crippen LogP contribution in [0.15, 0.2) is 0 Å². The van der Waals surface area contributed by atoms with E-state index >= 15 is 0 Å². The molecule has 1 amide bonds. The molecule has 0 aromatic carbocycles. The molecule has 0 heterocycles. The van der Waals surface area contributed by atoms with Crippen molar-refractivity contribution < 1.29 is 13.6 Å². The lowest BCUT2D eigenvalue weighted by atomic mass is 10.0. The Labute approximate surface area is 82.0 Å². The molecule has 3 nitrogen and oxygen atoms in total. The van der Waals surface area contributed by atoms with E-state index in [4.69, 9.17) is 5.73 Å². The van der Waals surface area contributed by atoms with Gasteiger partial charge < -0.3 is 11.1 Å². The summed E-state index contributed by atoms with van der Waals surface area (Å²) >= 11 is 0. The fourth-order valence-electron chi connectivity index (χ4n) is 1.38. The van der Waals surface area contributed by atoms with Crippen LogP contribution in [0.3, 0.4) is 0 Å². The van der Waals surface area contributed by atoms with Crippen LogP contribution in [-0.2, 0) is 4.79 Å². The van der Waals surface area contributed by atoms with E-state index in [1.54, 1.807) is 0 Å². The van der Waals surface area contributed by atoms with Crippen LogP contribution in [0.25, 0.3) is 0 Å². The molecule has 1 rings (SSSR count). The van der Waals surface area contributed by atoms with E-state index in [1.807, 2.05) is 6.92 Å². The van der Waals surface area contributed by atoms with Crippen LogP contribution in [0.2, 0.25) is 0 Å². The first-order chi connectivity index (χ1) is 6.37. The van der Waals surface area contributed by atoms with Crippen molar-refractivity contribution in [2.45, 2.75) is 32.1 Å². The minimum Gasteiger partial charge on any atom is -0.349 e. The summed E-state index contributed by atoms with van der Waals surface area (Å²) in [7, 11) is 0. The van der Waals surface area contributed by atoms with Crippen molar-refractivity contribution in [3.63, 3.8) is 0 Å². The topological polar surface area (TPSA) is 55.1 Å². The summed E-state index contributed by atoms with van der Waals surface area (Å²) in [5.41, 5.74) is 4.77. The van der Waals surface area contributed by atoms with E-state index in [0.717, 1.165) is 12.8 Å². The zero-order chi connectivity index (χ0) is 10.8. The van der Waals surface area contributed by atoms with E-state index in [2.05, 4.69) is 5.32 Å². The average Bonchev–Trinajstić information content (AvgIpc) is 2.78. The monoisotopic (exact) mass is 206 g/mol. The zero-order valence-electron chi connectivity index (χ0n) is 8.28. The number of rotatable bonds is 5. The van der Waals surface area contributed by atoms with E-state index in [-0.39, 0.29) is 18.4 Å². The maximum Gasteiger partial charge on any atom is 0.265 e. The van der Waals surface area contributed by atoms with Crippen molar-refractivity contribution >= 4 is 5.91 Å². The van der Waals surface area contributed by atoms with Gasteiger partial charge in [-0.15, -0.1) is 0 Å². The van der Waals surface area contributed by atoms with Crippen molar-refractivity contribution in [3.05, 3.63) is 0 Å². The smallest absolute Gasteiger partial charge is 0.265 e. The van der Waals surface area contributed by atoms with Crippen molar-refractivity contribution in [1.29, 1.82) is 0 Å². The fourth-order valence-corrected chi connectivity index (χ4v) is 1.38. The first-order valence-electron chi connectivity index (χ1n) is 4.72.